The number of aromatic nitrogens is 2. The highest BCUT2D eigenvalue weighted by Gasteiger charge is 2.36. The van der Waals surface area contributed by atoms with E-state index in [1.54, 1.807) is 0 Å². The third kappa shape index (κ3) is 1.68. The fourth-order valence-electron chi connectivity index (χ4n) is 3.23. The van der Waals surface area contributed by atoms with Crippen LogP contribution in [-0.4, -0.2) is 22.6 Å². The van der Waals surface area contributed by atoms with Crippen LogP contribution in [0.2, 0.25) is 0 Å². The van der Waals surface area contributed by atoms with Gasteiger partial charge in [-0.2, -0.15) is 0 Å². The van der Waals surface area contributed by atoms with E-state index in [2.05, 4.69) is 14.9 Å². The fourth-order valence-corrected chi connectivity index (χ4v) is 3.23. The highest BCUT2D eigenvalue weighted by atomic mass is 15.3. The average molecular weight is 217 g/mol. The number of nitrogens with zero attached hydrogens (tertiary/aromatic N) is 3. The van der Waals surface area contributed by atoms with Crippen molar-refractivity contribution >= 4 is 5.95 Å². The smallest absolute Gasteiger partial charge is 0.225 e. The molecule has 0 aromatic carbocycles. The molecule has 0 bridgehead atoms. The van der Waals surface area contributed by atoms with E-state index in [-0.39, 0.29) is 0 Å². The molecular formula is C13H19N3. The lowest BCUT2D eigenvalue weighted by atomic mass is 9.85. The van der Waals surface area contributed by atoms with Crippen LogP contribution in [0.4, 0.5) is 5.95 Å². The zero-order valence-corrected chi connectivity index (χ0v) is 9.89. The Bertz CT molecular complexity index is 377. The first-order valence-electron chi connectivity index (χ1n) is 6.41. The zero-order chi connectivity index (χ0) is 11.0. The number of hydrogen-bond donors (Lipinski definition) is 0. The number of fused-ring (bicyclic) bond motifs is 1. The van der Waals surface area contributed by atoms with Crippen molar-refractivity contribution in [3.63, 3.8) is 0 Å². The third-order valence-corrected chi connectivity index (χ3v) is 4.05. The van der Waals surface area contributed by atoms with E-state index in [4.69, 9.17) is 0 Å². The van der Waals surface area contributed by atoms with E-state index in [0.29, 0.717) is 0 Å². The van der Waals surface area contributed by atoms with Gasteiger partial charge in [0.25, 0.3) is 0 Å². The molecule has 1 saturated carbocycles. The Morgan fingerprint density at radius 3 is 3.00 bits per heavy atom. The standard InChI is InChI=1S/C13H19N3/c1-10-6-8-14-13(15-10)16-9-7-11-4-2-3-5-12(11)16/h6,8,11-12H,2-5,7,9H2,1H3. The second-order valence-corrected chi connectivity index (χ2v) is 5.09. The van der Waals surface area contributed by atoms with E-state index in [1.807, 2.05) is 19.2 Å². The minimum atomic E-state index is 0.718. The predicted molar refractivity (Wildman–Crippen MR) is 64.5 cm³/mol. The van der Waals surface area contributed by atoms with E-state index < -0.39 is 0 Å². The summed E-state index contributed by atoms with van der Waals surface area (Å²) < 4.78 is 0. The minimum Gasteiger partial charge on any atom is -0.338 e. The molecule has 1 aromatic heterocycles. The summed E-state index contributed by atoms with van der Waals surface area (Å²) in [5.74, 6) is 1.85. The van der Waals surface area contributed by atoms with Crippen molar-refractivity contribution in [3.8, 4) is 0 Å². The Kier molecular flexibility index (Phi) is 2.54. The van der Waals surface area contributed by atoms with Gasteiger partial charge < -0.3 is 4.90 Å². The molecule has 2 unspecified atom stereocenters. The molecule has 3 nitrogen and oxygen atoms in total. The first-order chi connectivity index (χ1) is 7.84. The van der Waals surface area contributed by atoms with Crippen molar-refractivity contribution in [1.29, 1.82) is 0 Å². The van der Waals surface area contributed by atoms with Crippen LogP contribution in [0.3, 0.4) is 0 Å². The van der Waals surface area contributed by atoms with Crippen LogP contribution in [-0.2, 0) is 0 Å². The molecule has 16 heavy (non-hydrogen) atoms. The molecule has 3 rings (SSSR count). The van der Waals surface area contributed by atoms with Gasteiger partial charge in [0.05, 0.1) is 0 Å². The molecule has 0 radical (unpaired) electrons. The Labute approximate surface area is 96.9 Å². The average Bonchev–Trinajstić information content (AvgIpc) is 2.72. The van der Waals surface area contributed by atoms with Crippen molar-refractivity contribution < 1.29 is 0 Å². The van der Waals surface area contributed by atoms with E-state index in [1.165, 1.54) is 32.1 Å². The maximum atomic E-state index is 4.56. The molecule has 0 spiro atoms. The molecule has 3 heteroatoms. The first kappa shape index (κ1) is 10.1. The van der Waals surface area contributed by atoms with Gasteiger partial charge in [-0.1, -0.05) is 12.8 Å². The lowest BCUT2D eigenvalue weighted by Crippen LogP contribution is -2.35. The molecule has 0 N–H and O–H groups in total. The minimum absolute atomic E-state index is 0.718. The normalized spacial score (nSPS) is 29.2. The van der Waals surface area contributed by atoms with Gasteiger partial charge in [-0.3, -0.25) is 0 Å². The summed E-state index contributed by atoms with van der Waals surface area (Å²) in [5.41, 5.74) is 1.07. The molecule has 1 aliphatic carbocycles. The Morgan fingerprint density at radius 1 is 1.25 bits per heavy atom. The summed E-state index contributed by atoms with van der Waals surface area (Å²) in [6.45, 7) is 3.19. The summed E-state index contributed by atoms with van der Waals surface area (Å²) in [5, 5.41) is 0. The highest BCUT2D eigenvalue weighted by molar-refractivity contribution is 5.34. The highest BCUT2D eigenvalue weighted by Crippen LogP contribution is 2.37. The van der Waals surface area contributed by atoms with Gasteiger partial charge in [0, 0.05) is 24.5 Å². The maximum Gasteiger partial charge on any atom is 0.225 e. The lowest BCUT2D eigenvalue weighted by molar-refractivity contribution is 0.340. The van der Waals surface area contributed by atoms with E-state index in [0.717, 1.165) is 30.1 Å². The van der Waals surface area contributed by atoms with Gasteiger partial charge in [-0.25, -0.2) is 9.97 Å². The topological polar surface area (TPSA) is 29.0 Å². The van der Waals surface area contributed by atoms with Crippen LogP contribution in [0.1, 0.15) is 37.8 Å². The van der Waals surface area contributed by atoms with Crippen molar-refractivity contribution in [2.24, 2.45) is 5.92 Å². The predicted octanol–water partition coefficient (Wildman–Crippen LogP) is 2.55. The largest absolute Gasteiger partial charge is 0.338 e. The van der Waals surface area contributed by atoms with Crippen LogP contribution < -0.4 is 4.90 Å². The second kappa shape index (κ2) is 4.04. The molecule has 0 amide bonds. The monoisotopic (exact) mass is 217 g/mol. The van der Waals surface area contributed by atoms with Gasteiger partial charge in [0.1, 0.15) is 0 Å². The van der Waals surface area contributed by atoms with Crippen LogP contribution in [0, 0.1) is 12.8 Å². The van der Waals surface area contributed by atoms with Crippen LogP contribution in [0.5, 0.6) is 0 Å². The third-order valence-electron chi connectivity index (χ3n) is 4.05. The van der Waals surface area contributed by atoms with Gasteiger partial charge in [-0.05, 0) is 38.2 Å². The second-order valence-electron chi connectivity index (χ2n) is 5.09. The Balaban J connectivity index is 1.85. The Hall–Kier alpha value is -1.12. The lowest BCUT2D eigenvalue weighted by Gasteiger charge is -2.31. The maximum absolute atomic E-state index is 4.56. The van der Waals surface area contributed by atoms with E-state index >= 15 is 0 Å². The molecule has 2 fully saturated rings. The van der Waals surface area contributed by atoms with Crippen molar-refractivity contribution in [2.75, 3.05) is 11.4 Å². The van der Waals surface area contributed by atoms with Gasteiger partial charge in [-0.15, -0.1) is 0 Å². The molecule has 1 saturated heterocycles. The fraction of sp³-hybridized carbons (Fsp3) is 0.692. The van der Waals surface area contributed by atoms with Crippen LogP contribution in [0.15, 0.2) is 12.3 Å². The summed E-state index contributed by atoms with van der Waals surface area (Å²) >= 11 is 0. The summed E-state index contributed by atoms with van der Waals surface area (Å²) in [6, 6.07) is 2.69. The van der Waals surface area contributed by atoms with Crippen LogP contribution >= 0.6 is 0 Å². The summed E-state index contributed by atoms with van der Waals surface area (Å²) in [7, 11) is 0. The number of hydrogen-bond acceptors (Lipinski definition) is 3. The van der Waals surface area contributed by atoms with Gasteiger partial charge >= 0.3 is 0 Å². The number of aryl methyl sites for hydroxylation is 1. The zero-order valence-electron chi connectivity index (χ0n) is 9.89. The first-order valence-corrected chi connectivity index (χ1v) is 6.41. The molecule has 86 valence electrons. The molecule has 2 heterocycles. The van der Waals surface area contributed by atoms with Crippen molar-refractivity contribution in [2.45, 2.75) is 45.1 Å². The van der Waals surface area contributed by atoms with Gasteiger partial charge in [0.15, 0.2) is 0 Å². The Morgan fingerprint density at radius 2 is 2.12 bits per heavy atom. The van der Waals surface area contributed by atoms with E-state index in [9.17, 15) is 0 Å². The summed E-state index contributed by atoms with van der Waals surface area (Å²) in [6.07, 6.45) is 8.76. The van der Waals surface area contributed by atoms with Crippen molar-refractivity contribution in [3.05, 3.63) is 18.0 Å². The molecule has 1 aromatic rings. The van der Waals surface area contributed by atoms with Gasteiger partial charge in [0.2, 0.25) is 5.95 Å². The molecule has 2 aliphatic rings. The molecule has 2 atom stereocenters. The summed E-state index contributed by atoms with van der Waals surface area (Å²) in [4.78, 5) is 11.4. The van der Waals surface area contributed by atoms with Crippen LogP contribution in [0.25, 0.3) is 0 Å². The molecular weight excluding hydrogens is 198 g/mol. The number of rotatable bonds is 1. The SMILES string of the molecule is Cc1ccnc(N2CCC3CCCCC32)n1. The quantitative estimate of drug-likeness (QED) is 0.724. The molecule has 1 aliphatic heterocycles. The van der Waals surface area contributed by atoms with Crippen molar-refractivity contribution in [1.82, 2.24) is 9.97 Å². The number of anilines is 1.